The first-order valence-corrected chi connectivity index (χ1v) is 8.61. The van der Waals surface area contributed by atoms with Crippen LogP contribution in [0, 0.1) is 0 Å². The third-order valence-corrected chi connectivity index (χ3v) is 4.76. The van der Waals surface area contributed by atoms with Crippen LogP contribution in [-0.2, 0) is 0 Å². The van der Waals surface area contributed by atoms with Crippen LogP contribution in [0.3, 0.4) is 0 Å². The number of carbonyl (C=O) groups is 2. The van der Waals surface area contributed by atoms with Crippen LogP contribution >= 0.6 is 0 Å². The van der Waals surface area contributed by atoms with Gasteiger partial charge in [0, 0.05) is 12.2 Å². The van der Waals surface area contributed by atoms with Crippen LogP contribution in [0.2, 0.25) is 0 Å². The largest absolute Gasteiger partial charge is 0.477 e. The van der Waals surface area contributed by atoms with E-state index in [4.69, 9.17) is 5.11 Å². The van der Waals surface area contributed by atoms with E-state index in [2.05, 4.69) is 19.9 Å². The van der Waals surface area contributed by atoms with Crippen molar-refractivity contribution in [1.82, 2.24) is 14.5 Å². The monoisotopic (exact) mass is 350 g/mol. The van der Waals surface area contributed by atoms with E-state index in [0.29, 0.717) is 17.6 Å². The predicted molar refractivity (Wildman–Crippen MR) is 96.4 cm³/mol. The first kappa shape index (κ1) is 16.3. The smallest absolute Gasteiger partial charge is 0.354 e. The summed E-state index contributed by atoms with van der Waals surface area (Å²) in [6.07, 6.45) is 5.74. The second-order valence-corrected chi connectivity index (χ2v) is 6.42. The van der Waals surface area contributed by atoms with Crippen molar-refractivity contribution < 1.29 is 14.7 Å². The maximum absolute atomic E-state index is 12.6. The SMILES string of the molecule is O=C(Nc1nc2ccccc2n1C1CCCC1)c1ccc(C(=O)O)nc1. The molecule has 26 heavy (non-hydrogen) atoms. The van der Waals surface area contributed by atoms with Crippen molar-refractivity contribution in [1.29, 1.82) is 0 Å². The van der Waals surface area contributed by atoms with E-state index in [-0.39, 0.29) is 11.6 Å². The molecule has 0 atom stereocenters. The molecule has 1 aliphatic carbocycles. The molecule has 1 aromatic carbocycles. The van der Waals surface area contributed by atoms with Gasteiger partial charge in [0.25, 0.3) is 5.91 Å². The number of pyridine rings is 1. The highest BCUT2D eigenvalue weighted by molar-refractivity contribution is 6.04. The number of nitrogens with one attached hydrogen (secondary N) is 1. The Morgan fingerprint density at radius 2 is 1.88 bits per heavy atom. The molecule has 0 saturated heterocycles. The van der Waals surface area contributed by atoms with Crippen molar-refractivity contribution in [3.05, 3.63) is 53.9 Å². The number of hydrogen-bond donors (Lipinski definition) is 2. The van der Waals surface area contributed by atoms with Gasteiger partial charge in [-0.15, -0.1) is 0 Å². The molecule has 0 bridgehead atoms. The molecule has 1 amide bonds. The highest BCUT2D eigenvalue weighted by Crippen LogP contribution is 2.35. The minimum Gasteiger partial charge on any atom is -0.477 e. The Kier molecular flexibility index (Phi) is 4.12. The van der Waals surface area contributed by atoms with Crippen molar-refractivity contribution in [2.24, 2.45) is 0 Å². The summed E-state index contributed by atoms with van der Waals surface area (Å²) in [7, 11) is 0. The molecule has 2 N–H and O–H groups in total. The summed E-state index contributed by atoms with van der Waals surface area (Å²) in [6, 6.07) is 10.9. The maximum Gasteiger partial charge on any atom is 0.354 e. The Balaban J connectivity index is 1.66. The number of nitrogens with zero attached hydrogens (tertiary/aromatic N) is 3. The van der Waals surface area contributed by atoms with E-state index in [1.54, 1.807) is 0 Å². The third-order valence-electron chi connectivity index (χ3n) is 4.76. The fourth-order valence-electron chi connectivity index (χ4n) is 3.49. The quantitative estimate of drug-likeness (QED) is 0.750. The molecule has 2 heterocycles. The Morgan fingerprint density at radius 1 is 1.12 bits per heavy atom. The summed E-state index contributed by atoms with van der Waals surface area (Å²) in [6.45, 7) is 0. The van der Waals surface area contributed by atoms with Crippen LogP contribution in [0.4, 0.5) is 5.95 Å². The Morgan fingerprint density at radius 3 is 2.58 bits per heavy atom. The number of carboxylic acid groups (broad SMARTS) is 1. The van der Waals surface area contributed by atoms with Crippen molar-refractivity contribution >= 4 is 28.9 Å². The van der Waals surface area contributed by atoms with E-state index >= 15 is 0 Å². The first-order valence-electron chi connectivity index (χ1n) is 8.61. The maximum atomic E-state index is 12.6. The molecule has 2 aromatic heterocycles. The van der Waals surface area contributed by atoms with Gasteiger partial charge in [-0.05, 0) is 37.1 Å². The van der Waals surface area contributed by atoms with Gasteiger partial charge in [0.2, 0.25) is 5.95 Å². The van der Waals surface area contributed by atoms with Gasteiger partial charge in [0.05, 0.1) is 16.6 Å². The zero-order valence-corrected chi connectivity index (χ0v) is 14.1. The number of imidazole rings is 1. The highest BCUT2D eigenvalue weighted by atomic mass is 16.4. The van der Waals surface area contributed by atoms with Gasteiger partial charge in [-0.3, -0.25) is 10.1 Å². The summed E-state index contributed by atoms with van der Waals surface area (Å²) < 4.78 is 2.11. The number of hydrogen-bond acceptors (Lipinski definition) is 4. The number of fused-ring (bicyclic) bond motifs is 1. The van der Waals surface area contributed by atoms with Crippen LogP contribution in [0.15, 0.2) is 42.6 Å². The standard InChI is InChI=1S/C19H18N4O3/c24-17(12-9-10-15(18(25)26)20-11-12)22-19-21-14-7-3-4-8-16(14)23(19)13-5-1-2-6-13/h3-4,7-11,13H,1-2,5-6H2,(H,25,26)(H,21,22,24). The predicted octanol–water partition coefficient (Wildman–Crippen LogP) is 3.50. The van der Waals surface area contributed by atoms with Crippen molar-refractivity contribution in [2.75, 3.05) is 5.32 Å². The molecule has 1 aliphatic rings. The minimum absolute atomic E-state index is 0.0975. The van der Waals surface area contributed by atoms with Gasteiger partial charge in [0.15, 0.2) is 0 Å². The van der Waals surface area contributed by atoms with E-state index in [1.165, 1.54) is 31.2 Å². The molecular formula is C19H18N4O3. The topological polar surface area (TPSA) is 97.1 Å². The molecule has 0 radical (unpaired) electrons. The molecule has 7 heteroatoms. The van der Waals surface area contributed by atoms with Gasteiger partial charge in [0.1, 0.15) is 5.69 Å². The molecule has 132 valence electrons. The minimum atomic E-state index is -1.13. The average Bonchev–Trinajstić information content (AvgIpc) is 3.28. The molecule has 4 rings (SSSR count). The number of amides is 1. The number of anilines is 1. The lowest BCUT2D eigenvalue weighted by Gasteiger charge is -2.16. The fourth-order valence-corrected chi connectivity index (χ4v) is 3.49. The Hall–Kier alpha value is -3.22. The van der Waals surface area contributed by atoms with E-state index in [9.17, 15) is 9.59 Å². The first-order chi connectivity index (χ1) is 12.6. The van der Waals surface area contributed by atoms with Crippen molar-refractivity contribution in [3.63, 3.8) is 0 Å². The summed E-state index contributed by atoms with van der Waals surface area (Å²) in [5.74, 6) is -0.964. The molecular weight excluding hydrogens is 332 g/mol. The van der Waals surface area contributed by atoms with Gasteiger partial charge in [-0.1, -0.05) is 25.0 Å². The Labute approximate surface area is 149 Å². The van der Waals surface area contributed by atoms with Gasteiger partial charge in [-0.2, -0.15) is 0 Å². The molecule has 3 aromatic rings. The second-order valence-electron chi connectivity index (χ2n) is 6.42. The molecule has 1 fully saturated rings. The van der Waals surface area contributed by atoms with Gasteiger partial charge in [-0.25, -0.2) is 14.8 Å². The second kappa shape index (κ2) is 6.59. The average molecular weight is 350 g/mol. The Bertz CT molecular complexity index is 972. The van der Waals surface area contributed by atoms with Crippen LogP contribution < -0.4 is 5.32 Å². The summed E-state index contributed by atoms with van der Waals surface area (Å²) in [4.78, 5) is 31.9. The number of rotatable bonds is 4. The zero-order valence-electron chi connectivity index (χ0n) is 14.1. The van der Waals surface area contributed by atoms with Crippen LogP contribution in [0.5, 0.6) is 0 Å². The van der Waals surface area contributed by atoms with E-state index < -0.39 is 5.97 Å². The number of benzene rings is 1. The molecule has 7 nitrogen and oxygen atoms in total. The van der Waals surface area contributed by atoms with Crippen LogP contribution in [-0.4, -0.2) is 31.5 Å². The summed E-state index contributed by atoms with van der Waals surface area (Å²) >= 11 is 0. The molecule has 0 spiro atoms. The zero-order chi connectivity index (χ0) is 18.1. The van der Waals surface area contributed by atoms with Gasteiger partial charge < -0.3 is 9.67 Å². The van der Waals surface area contributed by atoms with Crippen LogP contribution in [0.25, 0.3) is 11.0 Å². The van der Waals surface area contributed by atoms with Crippen LogP contribution in [0.1, 0.15) is 52.6 Å². The number of carboxylic acids is 1. The third kappa shape index (κ3) is 2.92. The van der Waals surface area contributed by atoms with Crippen molar-refractivity contribution in [2.45, 2.75) is 31.7 Å². The highest BCUT2D eigenvalue weighted by Gasteiger charge is 2.23. The molecule has 1 saturated carbocycles. The van der Waals surface area contributed by atoms with Crippen molar-refractivity contribution in [3.8, 4) is 0 Å². The molecule has 0 unspecified atom stereocenters. The van der Waals surface area contributed by atoms with E-state index in [1.807, 2.05) is 24.3 Å². The lowest BCUT2D eigenvalue weighted by molar-refractivity contribution is 0.0690. The number of aromatic nitrogens is 3. The lowest BCUT2D eigenvalue weighted by atomic mass is 10.2. The fraction of sp³-hybridized carbons (Fsp3) is 0.263. The number of aromatic carboxylic acids is 1. The normalized spacial score (nSPS) is 14.6. The number of carbonyl (C=O) groups excluding carboxylic acids is 1. The summed E-state index contributed by atoms with van der Waals surface area (Å²) in [5, 5.41) is 11.8. The lowest BCUT2D eigenvalue weighted by Crippen LogP contribution is -2.18. The van der Waals surface area contributed by atoms with Gasteiger partial charge >= 0.3 is 5.97 Å². The molecule has 0 aliphatic heterocycles. The number of para-hydroxylation sites is 2. The summed E-state index contributed by atoms with van der Waals surface area (Å²) in [5.41, 5.74) is 2.04. The van der Waals surface area contributed by atoms with E-state index in [0.717, 1.165) is 23.9 Å².